The highest BCUT2D eigenvalue weighted by Crippen LogP contribution is 2.74. The van der Waals surface area contributed by atoms with Crippen LogP contribution < -0.4 is 0 Å². The molecule has 0 aromatic carbocycles. The minimum atomic E-state index is 0.845. The quantitative estimate of drug-likeness (QED) is 0.642. The van der Waals surface area contributed by atoms with Crippen LogP contribution in [0.2, 0.25) is 0 Å². The molecular formula is C9H13BrO. The fourth-order valence-corrected chi connectivity index (χ4v) is 5.00. The lowest BCUT2D eigenvalue weighted by atomic mass is 9.99. The summed E-state index contributed by atoms with van der Waals surface area (Å²) in [7, 11) is 1.83. The molecule has 0 aromatic rings. The largest absolute Gasteiger partial charge is 0.384 e. The molecule has 1 unspecified atom stereocenters. The van der Waals surface area contributed by atoms with Gasteiger partial charge in [0.2, 0.25) is 0 Å². The normalized spacial score (nSPS) is 63.8. The molecule has 0 saturated heterocycles. The van der Waals surface area contributed by atoms with Gasteiger partial charge >= 0.3 is 0 Å². The van der Waals surface area contributed by atoms with Crippen molar-refractivity contribution in [3.63, 3.8) is 0 Å². The van der Waals surface area contributed by atoms with Crippen molar-refractivity contribution in [1.29, 1.82) is 0 Å². The van der Waals surface area contributed by atoms with E-state index in [9.17, 15) is 0 Å². The van der Waals surface area contributed by atoms with Gasteiger partial charge in [-0.15, -0.1) is 0 Å². The second-order valence-electron chi connectivity index (χ2n) is 4.28. The predicted octanol–water partition coefficient (Wildman–Crippen LogP) is 1.91. The summed E-state index contributed by atoms with van der Waals surface area (Å²) in [6, 6.07) is 0. The molecule has 0 N–H and O–H groups in total. The smallest absolute Gasteiger partial charge is 0.0496 e. The number of methoxy groups -OCH3 is 1. The summed E-state index contributed by atoms with van der Waals surface area (Å²) in [5.74, 6) is 5.03. The van der Waals surface area contributed by atoms with Gasteiger partial charge in [-0.1, -0.05) is 15.9 Å². The van der Waals surface area contributed by atoms with Crippen molar-refractivity contribution < 1.29 is 4.74 Å². The maximum absolute atomic E-state index is 5.25. The van der Waals surface area contributed by atoms with E-state index in [0.29, 0.717) is 0 Å². The van der Waals surface area contributed by atoms with Crippen LogP contribution in [0.25, 0.3) is 0 Å². The van der Waals surface area contributed by atoms with E-state index in [1.807, 2.05) is 7.11 Å². The average Bonchev–Trinajstić information content (AvgIpc) is 2.36. The molecule has 4 bridgehead atoms. The van der Waals surface area contributed by atoms with Gasteiger partial charge in [-0.25, -0.2) is 0 Å². The summed E-state index contributed by atoms with van der Waals surface area (Å²) in [6.45, 7) is 1.00. The third kappa shape index (κ3) is 0.665. The second-order valence-corrected chi connectivity index (χ2v) is 5.34. The van der Waals surface area contributed by atoms with Crippen molar-refractivity contribution in [2.45, 2.75) is 11.2 Å². The molecule has 4 saturated carbocycles. The molecule has 0 amide bonds. The average molecular weight is 217 g/mol. The van der Waals surface area contributed by atoms with Gasteiger partial charge in [0.05, 0.1) is 0 Å². The van der Waals surface area contributed by atoms with Gasteiger partial charge in [0.25, 0.3) is 0 Å². The number of ether oxygens (including phenoxy) is 1. The zero-order valence-corrected chi connectivity index (χ0v) is 8.25. The van der Waals surface area contributed by atoms with Crippen molar-refractivity contribution in [2.24, 2.45) is 29.6 Å². The third-order valence-electron chi connectivity index (χ3n) is 4.02. The first-order valence-corrected chi connectivity index (χ1v) is 5.39. The molecule has 0 aliphatic heterocycles. The third-order valence-corrected chi connectivity index (χ3v) is 5.31. The van der Waals surface area contributed by atoms with E-state index in [2.05, 4.69) is 15.9 Å². The highest BCUT2D eigenvalue weighted by Gasteiger charge is 2.72. The molecular weight excluding hydrogens is 204 g/mol. The van der Waals surface area contributed by atoms with Gasteiger partial charge in [-0.2, -0.15) is 0 Å². The molecule has 62 valence electrons. The van der Waals surface area contributed by atoms with Crippen molar-refractivity contribution in [1.82, 2.24) is 0 Å². The van der Waals surface area contributed by atoms with Gasteiger partial charge in [-0.05, 0) is 36.0 Å². The van der Waals surface area contributed by atoms with E-state index >= 15 is 0 Å². The Labute approximate surface area is 75.6 Å². The minimum Gasteiger partial charge on any atom is -0.384 e. The first-order valence-electron chi connectivity index (χ1n) is 4.47. The van der Waals surface area contributed by atoms with Crippen LogP contribution >= 0.6 is 15.9 Å². The van der Waals surface area contributed by atoms with Crippen LogP contribution in [0.5, 0.6) is 0 Å². The minimum absolute atomic E-state index is 0.845. The number of alkyl halides is 1. The fourth-order valence-electron chi connectivity index (χ4n) is 3.65. The highest BCUT2D eigenvalue weighted by molar-refractivity contribution is 9.09. The van der Waals surface area contributed by atoms with Gasteiger partial charge in [0, 0.05) is 18.5 Å². The zero-order valence-electron chi connectivity index (χ0n) is 6.66. The van der Waals surface area contributed by atoms with Crippen LogP contribution in [0.15, 0.2) is 0 Å². The molecule has 0 spiro atoms. The van der Waals surface area contributed by atoms with Crippen LogP contribution in [0.4, 0.5) is 0 Å². The zero-order chi connectivity index (χ0) is 7.59. The Morgan fingerprint density at radius 2 is 2.18 bits per heavy atom. The maximum Gasteiger partial charge on any atom is 0.0496 e. The molecule has 0 heterocycles. The Balaban J connectivity index is 1.81. The monoisotopic (exact) mass is 216 g/mol. The number of halogens is 1. The van der Waals surface area contributed by atoms with Crippen molar-refractivity contribution in [3.8, 4) is 0 Å². The molecule has 2 heteroatoms. The van der Waals surface area contributed by atoms with Gasteiger partial charge in [-0.3, -0.25) is 0 Å². The topological polar surface area (TPSA) is 9.23 Å². The SMILES string of the molecule is COC[C@@H]1[C@H]2CC3[C@H]([C@@H]2Br)[C@@H]31. The first-order chi connectivity index (χ1) is 5.34. The predicted molar refractivity (Wildman–Crippen MR) is 46.7 cm³/mol. The van der Waals surface area contributed by atoms with Crippen LogP contribution in [0.1, 0.15) is 6.42 Å². The molecule has 1 nitrogen and oxygen atoms in total. The number of rotatable bonds is 2. The summed E-state index contributed by atoms with van der Waals surface area (Å²) >= 11 is 3.81. The number of hydrogen-bond acceptors (Lipinski definition) is 1. The number of hydrogen-bond donors (Lipinski definition) is 0. The van der Waals surface area contributed by atoms with Crippen molar-refractivity contribution in [2.75, 3.05) is 13.7 Å². The van der Waals surface area contributed by atoms with E-state index in [0.717, 1.165) is 41.0 Å². The van der Waals surface area contributed by atoms with E-state index in [-0.39, 0.29) is 0 Å². The summed E-state index contributed by atoms with van der Waals surface area (Å²) < 4.78 is 5.25. The lowest BCUT2D eigenvalue weighted by Gasteiger charge is -2.15. The van der Waals surface area contributed by atoms with E-state index in [4.69, 9.17) is 4.74 Å². The molecule has 6 atom stereocenters. The molecule has 11 heavy (non-hydrogen) atoms. The highest BCUT2D eigenvalue weighted by atomic mass is 79.9. The Kier molecular flexibility index (Phi) is 1.27. The lowest BCUT2D eigenvalue weighted by molar-refractivity contribution is 0.135. The Hall–Kier alpha value is 0.440. The molecule has 4 fully saturated rings. The molecule has 4 aliphatic rings. The Morgan fingerprint density at radius 3 is 2.55 bits per heavy atom. The molecule has 0 radical (unpaired) electrons. The van der Waals surface area contributed by atoms with Crippen molar-refractivity contribution >= 4 is 15.9 Å². The standard InChI is InChI=1S/C9H13BrO/c1-11-3-6-4-2-5-7(6)8(5)9(4)10/h4-9H,2-3H2,1H3/t4-,5?,6-,7+,8+,9-/m1/s1. The summed E-state index contributed by atoms with van der Waals surface area (Å²) in [4.78, 5) is 0.845. The van der Waals surface area contributed by atoms with Gasteiger partial charge in [0.15, 0.2) is 0 Å². The maximum atomic E-state index is 5.25. The van der Waals surface area contributed by atoms with Gasteiger partial charge < -0.3 is 4.74 Å². The van der Waals surface area contributed by atoms with Crippen molar-refractivity contribution in [3.05, 3.63) is 0 Å². The Bertz CT molecular complexity index is 194. The Morgan fingerprint density at radius 1 is 1.36 bits per heavy atom. The lowest BCUT2D eigenvalue weighted by Crippen LogP contribution is -2.15. The van der Waals surface area contributed by atoms with E-state index in [1.54, 1.807) is 0 Å². The summed E-state index contributed by atoms with van der Waals surface area (Å²) in [5.41, 5.74) is 0. The molecule has 4 aliphatic carbocycles. The summed E-state index contributed by atoms with van der Waals surface area (Å²) in [5, 5.41) is 0. The van der Waals surface area contributed by atoms with Crippen LogP contribution in [0.3, 0.4) is 0 Å². The molecule has 4 rings (SSSR count). The molecule has 0 aromatic heterocycles. The summed E-state index contributed by atoms with van der Waals surface area (Å²) in [6.07, 6.45) is 1.49. The van der Waals surface area contributed by atoms with Crippen LogP contribution in [-0.2, 0) is 4.74 Å². The van der Waals surface area contributed by atoms with Gasteiger partial charge in [0.1, 0.15) is 0 Å². The first kappa shape index (κ1) is 6.90. The fraction of sp³-hybridized carbons (Fsp3) is 1.00. The van der Waals surface area contributed by atoms with E-state index in [1.165, 1.54) is 6.42 Å². The van der Waals surface area contributed by atoms with Crippen LogP contribution in [0, 0.1) is 29.6 Å². The van der Waals surface area contributed by atoms with Crippen LogP contribution in [-0.4, -0.2) is 18.5 Å². The second kappa shape index (κ2) is 2.02. The van der Waals surface area contributed by atoms with E-state index < -0.39 is 0 Å².